The molecule has 0 radical (unpaired) electrons. The van der Waals surface area contributed by atoms with Crippen LogP contribution in [0.1, 0.15) is 5.56 Å². The molecular weight excluding hydrogens is 230 g/mol. The van der Waals surface area contributed by atoms with Crippen LogP contribution in [0, 0.1) is 11.6 Å². The molecule has 0 saturated carbocycles. The first kappa shape index (κ1) is 11.4. The number of carbonyl (C=O) groups is 1. The van der Waals surface area contributed by atoms with Crippen LogP contribution in [0.15, 0.2) is 30.6 Å². The fraction of sp³-hybridized carbons (Fsp3) is 0.182. The number of halogens is 2. The van der Waals surface area contributed by atoms with E-state index < -0.39 is 17.7 Å². The van der Waals surface area contributed by atoms with Crippen LogP contribution in [0.4, 0.5) is 13.6 Å². The van der Waals surface area contributed by atoms with Crippen LogP contribution in [0.25, 0.3) is 0 Å². The Balaban J connectivity index is 2.01. The van der Waals surface area contributed by atoms with Crippen LogP contribution in [0.2, 0.25) is 0 Å². The Morgan fingerprint density at radius 2 is 2.06 bits per heavy atom. The number of benzene rings is 1. The summed E-state index contributed by atoms with van der Waals surface area (Å²) in [7, 11) is 0. The summed E-state index contributed by atoms with van der Waals surface area (Å²) in [5.74, 6) is -1.79. The van der Waals surface area contributed by atoms with E-state index in [4.69, 9.17) is 5.11 Å². The second kappa shape index (κ2) is 4.40. The summed E-state index contributed by atoms with van der Waals surface area (Å²) in [6.07, 6.45) is 1.96. The van der Waals surface area contributed by atoms with Crippen molar-refractivity contribution in [2.45, 2.75) is 6.54 Å². The monoisotopic (exact) mass is 240 g/mol. The van der Waals surface area contributed by atoms with Gasteiger partial charge in [-0.1, -0.05) is 6.07 Å². The first-order chi connectivity index (χ1) is 8.06. The maximum atomic E-state index is 12.9. The van der Waals surface area contributed by atoms with Crippen molar-refractivity contribution < 1.29 is 18.7 Å². The second-order valence-corrected chi connectivity index (χ2v) is 3.69. The normalized spacial score (nSPS) is 14.5. The van der Waals surface area contributed by atoms with Crippen LogP contribution in [0.3, 0.4) is 0 Å². The van der Waals surface area contributed by atoms with Gasteiger partial charge in [0.2, 0.25) is 0 Å². The van der Waals surface area contributed by atoms with Gasteiger partial charge in [-0.3, -0.25) is 4.90 Å². The topological polar surface area (TPSA) is 43.8 Å². The van der Waals surface area contributed by atoms with Crippen molar-refractivity contribution in [1.29, 1.82) is 0 Å². The van der Waals surface area contributed by atoms with Gasteiger partial charge < -0.3 is 10.0 Å². The molecule has 1 aromatic carbocycles. The minimum atomic E-state index is -1.05. The molecule has 4 nitrogen and oxygen atoms in total. The van der Waals surface area contributed by atoms with Crippen LogP contribution in [-0.2, 0) is 6.54 Å². The summed E-state index contributed by atoms with van der Waals surface area (Å²) < 4.78 is 25.6. The largest absolute Gasteiger partial charge is 0.465 e. The maximum Gasteiger partial charge on any atom is 0.412 e. The summed E-state index contributed by atoms with van der Waals surface area (Å²) in [6, 6.07) is 3.63. The smallest absolute Gasteiger partial charge is 0.412 e. The van der Waals surface area contributed by atoms with Gasteiger partial charge in [0.25, 0.3) is 0 Å². The molecule has 0 bridgehead atoms. The Hall–Kier alpha value is -2.11. The fourth-order valence-electron chi connectivity index (χ4n) is 1.56. The molecule has 6 heteroatoms. The van der Waals surface area contributed by atoms with Crippen molar-refractivity contribution in [1.82, 2.24) is 9.80 Å². The van der Waals surface area contributed by atoms with E-state index >= 15 is 0 Å². The first-order valence-corrected chi connectivity index (χ1v) is 4.92. The highest BCUT2D eigenvalue weighted by Gasteiger charge is 2.17. The minimum absolute atomic E-state index is 0.189. The number of hydrogen-bond donors (Lipinski definition) is 1. The number of rotatable bonds is 2. The molecule has 1 aliphatic heterocycles. The standard InChI is InChI=1S/C11H10F2N2O2/c12-9-2-1-8(5-10(9)13)6-14-3-4-15(7-14)11(16)17/h1-5H,6-7H2,(H,16,17). The molecule has 0 saturated heterocycles. The number of hydrogen-bond acceptors (Lipinski definition) is 2. The fourth-order valence-corrected chi connectivity index (χ4v) is 1.56. The predicted octanol–water partition coefficient (Wildman–Crippen LogP) is 2.19. The van der Waals surface area contributed by atoms with E-state index in [1.807, 2.05) is 0 Å². The molecule has 1 aliphatic rings. The summed E-state index contributed by atoms with van der Waals surface area (Å²) >= 11 is 0. The maximum absolute atomic E-state index is 12.9. The van der Waals surface area contributed by atoms with Crippen molar-refractivity contribution in [3.8, 4) is 0 Å². The average Bonchev–Trinajstić information content (AvgIpc) is 2.72. The molecule has 0 atom stereocenters. The Bertz CT molecular complexity index is 477. The highest BCUT2D eigenvalue weighted by atomic mass is 19.2. The zero-order valence-corrected chi connectivity index (χ0v) is 8.81. The molecule has 90 valence electrons. The van der Waals surface area contributed by atoms with E-state index in [1.165, 1.54) is 12.3 Å². The summed E-state index contributed by atoms with van der Waals surface area (Å²) in [4.78, 5) is 13.4. The van der Waals surface area contributed by atoms with Gasteiger partial charge in [0.05, 0.1) is 0 Å². The molecule has 0 aromatic heterocycles. The molecule has 1 amide bonds. The summed E-state index contributed by atoms with van der Waals surface area (Å²) in [6.45, 7) is 0.520. The Morgan fingerprint density at radius 3 is 2.65 bits per heavy atom. The van der Waals surface area contributed by atoms with Crippen molar-refractivity contribution in [2.75, 3.05) is 6.67 Å². The lowest BCUT2D eigenvalue weighted by molar-refractivity contribution is 0.152. The SMILES string of the molecule is O=C(O)N1C=CN(Cc2ccc(F)c(F)c2)C1. The number of nitrogens with zero attached hydrogens (tertiary/aromatic N) is 2. The lowest BCUT2D eigenvalue weighted by atomic mass is 10.2. The highest BCUT2D eigenvalue weighted by molar-refractivity contribution is 5.66. The van der Waals surface area contributed by atoms with E-state index in [0.717, 1.165) is 17.0 Å². The zero-order chi connectivity index (χ0) is 12.4. The van der Waals surface area contributed by atoms with Crippen molar-refractivity contribution in [2.24, 2.45) is 0 Å². The van der Waals surface area contributed by atoms with Gasteiger partial charge in [0, 0.05) is 18.9 Å². The quantitative estimate of drug-likeness (QED) is 0.861. The van der Waals surface area contributed by atoms with E-state index in [1.54, 1.807) is 11.1 Å². The van der Waals surface area contributed by atoms with Crippen LogP contribution < -0.4 is 0 Å². The van der Waals surface area contributed by atoms with E-state index in [0.29, 0.717) is 12.1 Å². The Kier molecular flexibility index (Phi) is 2.95. The molecule has 17 heavy (non-hydrogen) atoms. The minimum Gasteiger partial charge on any atom is -0.465 e. The van der Waals surface area contributed by atoms with Crippen LogP contribution >= 0.6 is 0 Å². The third-order valence-electron chi connectivity index (χ3n) is 2.41. The molecule has 0 unspecified atom stereocenters. The average molecular weight is 240 g/mol. The van der Waals surface area contributed by atoms with Gasteiger partial charge in [0.15, 0.2) is 11.6 Å². The molecule has 0 fully saturated rings. The summed E-state index contributed by atoms with van der Waals surface area (Å²) in [5, 5.41) is 8.72. The lowest BCUT2D eigenvalue weighted by Crippen LogP contribution is -2.28. The van der Waals surface area contributed by atoms with Gasteiger partial charge in [0.1, 0.15) is 6.67 Å². The molecule has 1 aromatic rings. The van der Waals surface area contributed by atoms with E-state index in [-0.39, 0.29) is 6.67 Å². The Morgan fingerprint density at radius 1 is 1.29 bits per heavy atom. The molecule has 1 heterocycles. The van der Waals surface area contributed by atoms with Crippen molar-refractivity contribution >= 4 is 6.09 Å². The molecule has 0 aliphatic carbocycles. The third kappa shape index (κ3) is 2.52. The van der Waals surface area contributed by atoms with Crippen molar-refractivity contribution in [3.63, 3.8) is 0 Å². The highest BCUT2D eigenvalue weighted by Crippen LogP contribution is 2.14. The van der Waals surface area contributed by atoms with Crippen LogP contribution in [0.5, 0.6) is 0 Å². The van der Waals surface area contributed by atoms with Crippen LogP contribution in [-0.4, -0.2) is 27.7 Å². The summed E-state index contributed by atoms with van der Waals surface area (Å²) in [5.41, 5.74) is 0.584. The number of amides is 1. The number of carboxylic acid groups (broad SMARTS) is 1. The van der Waals surface area contributed by atoms with E-state index in [9.17, 15) is 13.6 Å². The van der Waals surface area contributed by atoms with Crippen molar-refractivity contribution in [3.05, 3.63) is 47.8 Å². The molecule has 1 N–H and O–H groups in total. The van der Waals surface area contributed by atoms with Gasteiger partial charge in [-0.25, -0.2) is 13.6 Å². The Labute approximate surface area is 96.4 Å². The molecule has 0 spiro atoms. The van der Waals surface area contributed by atoms with E-state index in [2.05, 4.69) is 0 Å². The lowest BCUT2D eigenvalue weighted by Gasteiger charge is -2.18. The van der Waals surface area contributed by atoms with Gasteiger partial charge in [-0.15, -0.1) is 0 Å². The predicted molar refractivity (Wildman–Crippen MR) is 55.8 cm³/mol. The first-order valence-electron chi connectivity index (χ1n) is 4.92. The zero-order valence-electron chi connectivity index (χ0n) is 8.81. The van der Waals surface area contributed by atoms with Gasteiger partial charge in [-0.2, -0.15) is 0 Å². The third-order valence-corrected chi connectivity index (χ3v) is 2.41. The second-order valence-electron chi connectivity index (χ2n) is 3.69. The van der Waals surface area contributed by atoms with Gasteiger partial charge >= 0.3 is 6.09 Å². The molecule has 2 rings (SSSR count). The molecular formula is C11H10F2N2O2. The van der Waals surface area contributed by atoms with Gasteiger partial charge in [-0.05, 0) is 17.7 Å².